The number of aromatic amines is 1. The van der Waals surface area contributed by atoms with Crippen LogP contribution in [0, 0.1) is 6.92 Å². The Morgan fingerprint density at radius 2 is 2.12 bits per heavy atom. The highest BCUT2D eigenvalue weighted by Crippen LogP contribution is 2.25. The number of H-pyrrole nitrogens is 1. The minimum atomic E-state index is -0.383. The van der Waals surface area contributed by atoms with Gasteiger partial charge in [-0.05, 0) is 44.7 Å². The van der Waals surface area contributed by atoms with Crippen molar-refractivity contribution < 1.29 is 9.53 Å². The van der Waals surface area contributed by atoms with Crippen molar-refractivity contribution in [2.24, 2.45) is 0 Å². The van der Waals surface area contributed by atoms with Gasteiger partial charge in [0.1, 0.15) is 5.75 Å². The van der Waals surface area contributed by atoms with Crippen LogP contribution in [0.15, 0.2) is 35.4 Å². The summed E-state index contributed by atoms with van der Waals surface area (Å²) in [6.07, 6.45) is 6.66. The zero-order valence-corrected chi connectivity index (χ0v) is 13.5. The second-order valence-corrected chi connectivity index (χ2v) is 5.99. The number of amides is 1. The Labute approximate surface area is 139 Å². The summed E-state index contributed by atoms with van der Waals surface area (Å²) < 4.78 is 6.01. The monoisotopic (exact) mass is 328 g/mol. The fourth-order valence-corrected chi connectivity index (χ4v) is 2.87. The van der Waals surface area contributed by atoms with Gasteiger partial charge in [-0.3, -0.25) is 14.6 Å². The van der Waals surface area contributed by atoms with Crippen LogP contribution < -0.4 is 15.6 Å². The highest BCUT2D eigenvalue weighted by Gasteiger charge is 2.24. The van der Waals surface area contributed by atoms with Crippen LogP contribution in [0.25, 0.3) is 0 Å². The van der Waals surface area contributed by atoms with Crippen LogP contribution in [-0.4, -0.2) is 33.2 Å². The van der Waals surface area contributed by atoms with Gasteiger partial charge in [0.05, 0.1) is 23.6 Å². The van der Waals surface area contributed by atoms with E-state index >= 15 is 0 Å². The summed E-state index contributed by atoms with van der Waals surface area (Å²) in [5.74, 6) is 0.556. The molecule has 0 atom stereocenters. The van der Waals surface area contributed by atoms with Crippen LogP contribution >= 0.6 is 0 Å². The number of carbonyl (C=O) groups excluding carboxylic acids is 1. The molecule has 0 aromatic carbocycles. The summed E-state index contributed by atoms with van der Waals surface area (Å²) in [6, 6.07) is 5.13. The molecule has 0 spiro atoms. The number of nitrogens with zero attached hydrogens (tertiary/aromatic N) is 2. The van der Waals surface area contributed by atoms with E-state index in [1.54, 1.807) is 6.20 Å². The maximum atomic E-state index is 12.1. The molecular weight excluding hydrogens is 308 g/mol. The summed E-state index contributed by atoms with van der Waals surface area (Å²) in [5.41, 5.74) is 0.782. The van der Waals surface area contributed by atoms with Gasteiger partial charge in [0, 0.05) is 18.3 Å². The summed E-state index contributed by atoms with van der Waals surface area (Å²) in [7, 11) is 0. The van der Waals surface area contributed by atoms with Crippen LogP contribution in [0.3, 0.4) is 0 Å². The normalized spacial score (nSPS) is 20.4. The van der Waals surface area contributed by atoms with Crippen molar-refractivity contribution in [3.63, 3.8) is 0 Å². The van der Waals surface area contributed by atoms with Gasteiger partial charge >= 0.3 is 0 Å². The van der Waals surface area contributed by atoms with Crippen molar-refractivity contribution in [3.05, 3.63) is 52.2 Å². The van der Waals surface area contributed by atoms with Crippen LogP contribution in [0.4, 0.5) is 0 Å². The average molecular weight is 328 g/mol. The van der Waals surface area contributed by atoms with Gasteiger partial charge in [0.25, 0.3) is 11.5 Å². The summed E-state index contributed by atoms with van der Waals surface area (Å²) in [6.45, 7) is 1.93. The first-order valence-corrected chi connectivity index (χ1v) is 8.05. The molecule has 0 radical (unpaired) electrons. The molecule has 1 fully saturated rings. The number of carbonyl (C=O) groups is 1. The maximum Gasteiger partial charge on any atom is 0.264 e. The molecule has 0 saturated heterocycles. The number of aromatic nitrogens is 3. The first kappa shape index (κ1) is 16.2. The van der Waals surface area contributed by atoms with Crippen molar-refractivity contribution in [2.45, 2.75) is 44.8 Å². The second-order valence-electron chi connectivity index (χ2n) is 5.99. The quantitative estimate of drug-likeness (QED) is 0.888. The average Bonchev–Trinajstić information content (AvgIpc) is 2.58. The lowest BCUT2D eigenvalue weighted by molar-refractivity contribution is 0.0892. The van der Waals surface area contributed by atoms with Crippen LogP contribution in [0.5, 0.6) is 5.75 Å². The lowest BCUT2D eigenvalue weighted by Gasteiger charge is -2.29. The van der Waals surface area contributed by atoms with E-state index in [4.69, 9.17) is 4.74 Å². The predicted molar refractivity (Wildman–Crippen MR) is 88.0 cm³/mol. The third kappa shape index (κ3) is 3.98. The first-order valence-electron chi connectivity index (χ1n) is 8.05. The molecule has 1 aliphatic rings. The van der Waals surface area contributed by atoms with E-state index < -0.39 is 0 Å². The molecule has 2 N–H and O–H groups in total. The Morgan fingerprint density at radius 3 is 2.83 bits per heavy atom. The minimum absolute atomic E-state index is 0.0895. The van der Waals surface area contributed by atoms with E-state index in [1.807, 2.05) is 19.1 Å². The van der Waals surface area contributed by atoms with Gasteiger partial charge in [-0.25, -0.2) is 5.10 Å². The Hall–Kier alpha value is -2.70. The molecule has 126 valence electrons. The van der Waals surface area contributed by atoms with E-state index in [0.29, 0.717) is 0 Å². The third-order valence-corrected chi connectivity index (χ3v) is 4.19. The molecule has 24 heavy (non-hydrogen) atoms. The van der Waals surface area contributed by atoms with Gasteiger partial charge in [-0.2, -0.15) is 5.10 Å². The molecule has 1 amide bonds. The minimum Gasteiger partial charge on any atom is -0.489 e. The predicted octanol–water partition coefficient (Wildman–Crippen LogP) is 1.59. The highest BCUT2D eigenvalue weighted by molar-refractivity contribution is 5.93. The highest BCUT2D eigenvalue weighted by atomic mass is 16.5. The standard InChI is InChI=1S/C17H20N4O3/c1-11-15(3-2-8-18-11)24-14-6-4-13(5-7-14)20-17(23)12-9-16(22)21-19-10-12/h2-3,8-10,13-14H,4-7H2,1H3,(H,20,23)(H,21,22). The molecular formula is C17H20N4O3. The molecule has 2 aromatic rings. The smallest absolute Gasteiger partial charge is 0.264 e. The summed E-state index contributed by atoms with van der Waals surface area (Å²) in [5, 5.41) is 8.86. The molecule has 7 heteroatoms. The molecule has 1 aliphatic carbocycles. The lowest BCUT2D eigenvalue weighted by atomic mass is 9.92. The van der Waals surface area contributed by atoms with Crippen molar-refractivity contribution in [3.8, 4) is 5.75 Å². The Kier molecular flexibility index (Phi) is 4.88. The molecule has 0 bridgehead atoms. The van der Waals surface area contributed by atoms with Crippen molar-refractivity contribution in [2.75, 3.05) is 0 Å². The van der Waals surface area contributed by atoms with Gasteiger partial charge in [0.15, 0.2) is 0 Å². The molecule has 0 unspecified atom stereocenters. The number of ether oxygens (including phenoxy) is 1. The Morgan fingerprint density at radius 1 is 1.33 bits per heavy atom. The maximum absolute atomic E-state index is 12.1. The van der Waals surface area contributed by atoms with E-state index in [2.05, 4.69) is 20.5 Å². The van der Waals surface area contributed by atoms with Crippen LogP contribution in [0.1, 0.15) is 41.7 Å². The zero-order valence-electron chi connectivity index (χ0n) is 13.5. The number of nitrogens with one attached hydrogen (secondary N) is 2. The van der Waals surface area contributed by atoms with Crippen LogP contribution in [0.2, 0.25) is 0 Å². The molecule has 3 rings (SSSR count). The number of aryl methyl sites for hydroxylation is 1. The summed E-state index contributed by atoms with van der Waals surface area (Å²) >= 11 is 0. The fourth-order valence-electron chi connectivity index (χ4n) is 2.87. The Balaban J connectivity index is 1.51. The number of pyridine rings is 1. The van der Waals surface area contributed by atoms with Crippen molar-refractivity contribution in [1.29, 1.82) is 0 Å². The molecule has 2 heterocycles. The third-order valence-electron chi connectivity index (χ3n) is 4.19. The largest absolute Gasteiger partial charge is 0.489 e. The number of hydrogen-bond acceptors (Lipinski definition) is 5. The topological polar surface area (TPSA) is 97.0 Å². The lowest BCUT2D eigenvalue weighted by Crippen LogP contribution is -2.40. The van der Waals surface area contributed by atoms with Crippen LogP contribution in [-0.2, 0) is 0 Å². The number of rotatable bonds is 4. The Bertz CT molecular complexity index is 766. The molecule has 1 saturated carbocycles. The first-order chi connectivity index (χ1) is 11.6. The second kappa shape index (κ2) is 7.25. The van der Waals surface area contributed by atoms with E-state index in [-0.39, 0.29) is 29.2 Å². The van der Waals surface area contributed by atoms with Gasteiger partial charge < -0.3 is 10.1 Å². The van der Waals surface area contributed by atoms with Gasteiger partial charge in [-0.15, -0.1) is 0 Å². The zero-order chi connectivity index (χ0) is 16.9. The van der Waals surface area contributed by atoms with Crippen molar-refractivity contribution in [1.82, 2.24) is 20.5 Å². The fraction of sp³-hybridized carbons (Fsp3) is 0.412. The van der Waals surface area contributed by atoms with E-state index in [0.717, 1.165) is 37.1 Å². The van der Waals surface area contributed by atoms with Gasteiger partial charge in [0.2, 0.25) is 0 Å². The SMILES string of the molecule is Cc1ncccc1OC1CCC(NC(=O)c2cn[nH]c(=O)c2)CC1. The van der Waals surface area contributed by atoms with Crippen molar-refractivity contribution >= 4 is 5.91 Å². The molecule has 0 aliphatic heterocycles. The molecule has 7 nitrogen and oxygen atoms in total. The van der Waals surface area contributed by atoms with Gasteiger partial charge in [-0.1, -0.05) is 0 Å². The van der Waals surface area contributed by atoms with E-state index in [9.17, 15) is 9.59 Å². The number of hydrogen-bond donors (Lipinski definition) is 2. The summed E-state index contributed by atoms with van der Waals surface area (Å²) in [4.78, 5) is 27.6. The van der Waals surface area contributed by atoms with E-state index in [1.165, 1.54) is 12.3 Å². The molecule has 2 aromatic heterocycles.